The summed E-state index contributed by atoms with van der Waals surface area (Å²) in [5.41, 5.74) is -2.19. The van der Waals surface area contributed by atoms with Crippen molar-refractivity contribution in [3.05, 3.63) is 31.1 Å². The highest BCUT2D eigenvalue weighted by molar-refractivity contribution is 14.1. The van der Waals surface area contributed by atoms with Gasteiger partial charge in [0.15, 0.2) is 5.69 Å². The summed E-state index contributed by atoms with van der Waals surface area (Å²) < 4.78 is 25.2. The van der Waals surface area contributed by atoms with Gasteiger partial charge in [-0.15, -0.1) is 0 Å². The van der Waals surface area contributed by atoms with E-state index in [0.717, 1.165) is 6.20 Å². The second-order valence-electron chi connectivity index (χ2n) is 2.95. The molecule has 1 heterocycles. The van der Waals surface area contributed by atoms with Gasteiger partial charge in [0.2, 0.25) is 0 Å². The van der Waals surface area contributed by atoms with Crippen LogP contribution in [0.3, 0.4) is 0 Å². The smallest absolute Gasteiger partial charge is 0.308 e. The molecule has 0 aromatic carbocycles. The Balaban J connectivity index is 3.48. The van der Waals surface area contributed by atoms with Crippen molar-refractivity contribution in [3.8, 4) is 0 Å². The van der Waals surface area contributed by atoms with Gasteiger partial charge in [0.25, 0.3) is 6.43 Å². The maximum atomic E-state index is 12.5. The van der Waals surface area contributed by atoms with Crippen LogP contribution in [0.2, 0.25) is 0 Å². The molecule has 0 fully saturated rings. The highest BCUT2D eigenvalue weighted by atomic mass is 127. The highest BCUT2D eigenvalue weighted by Gasteiger charge is 2.30. The third kappa shape index (κ3) is 3.05. The Bertz CT molecular complexity index is 481. The normalized spacial score (nSPS) is 10.6. The van der Waals surface area contributed by atoms with Crippen LogP contribution in [0.4, 0.5) is 14.5 Å². The lowest BCUT2D eigenvalue weighted by atomic mass is 10.1. The lowest BCUT2D eigenvalue weighted by Gasteiger charge is -2.06. The minimum Gasteiger partial charge on any atom is -0.481 e. The van der Waals surface area contributed by atoms with Gasteiger partial charge in [-0.1, -0.05) is 0 Å². The molecule has 0 atom stereocenters. The van der Waals surface area contributed by atoms with Gasteiger partial charge in [0, 0.05) is 9.77 Å². The number of nitrogens with zero attached hydrogens (tertiary/aromatic N) is 2. The molecule has 9 heteroatoms. The van der Waals surface area contributed by atoms with E-state index in [2.05, 4.69) is 4.98 Å². The number of alkyl halides is 2. The van der Waals surface area contributed by atoms with Gasteiger partial charge >= 0.3 is 11.7 Å². The molecule has 1 aromatic heterocycles. The van der Waals surface area contributed by atoms with E-state index in [1.54, 1.807) is 22.6 Å². The van der Waals surface area contributed by atoms with Gasteiger partial charge < -0.3 is 5.11 Å². The van der Waals surface area contributed by atoms with Crippen LogP contribution in [0.25, 0.3) is 0 Å². The van der Waals surface area contributed by atoms with Crippen molar-refractivity contribution in [3.63, 3.8) is 0 Å². The second kappa shape index (κ2) is 5.29. The molecule has 6 nitrogen and oxygen atoms in total. The third-order valence-electron chi connectivity index (χ3n) is 1.85. The summed E-state index contributed by atoms with van der Waals surface area (Å²) in [4.78, 5) is 23.5. The Morgan fingerprint density at radius 3 is 2.65 bits per heavy atom. The number of rotatable bonds is 4. The molecule has 0 unspecified atom stereocenters. The van der Waals surface area contributed by atoms with Gasteiger partial charge in [0.1, 0.15) is 0 Å². The molecule has 0 amide bonds. The van der Waals surface area contributed by atoms with E-state index >= 15 is 0 Å². The molecule has 0 radical (unpaired) electrons. The molecule has 0 aliphatic rings. The fourth-order valence-electron chi connectivity index (χ4n) is 1.22. The van der Waals surface area contributed by atoms with E-state index in [1.807, 2.05) is 0 Å². The van der Waals surface area contributed by atoms with Crippen molar-refractivity contribution in [2.24, 2.45) is 0 Å². The fourth-order valence-corrected chi connectivity index (χ4v) is 1.80. The van der Waals surface area contributed by atoms with E-state index in [0.29, 0.717) is 0 Å². The summed E-state index contributed by atoms with van der Waals surface area (Å²) in [6, 6.07) is 0. The number of carbonyl (C=O) groups is 1. The lowest BCUT2D eigenvalue weighted by molar-refractivity contribution is -0.387. The van der Waals surface area contributed by atoms with Crippen molar-refractivity contribution in [1.29, 1.82) is 0 Å². The molecule has 0 aliphatic carbocycles. The zero-order chi connectivity index (χ0) is 13.2. The molecule has 0 aliphatic heterocycles. The van der Waals surface area contributed by atoms with E-state index in [-0.39, 0.29) is 9.13 Å². The van der Waals surface area contributed by atoms with Gasteiger partial charge in [-0.3, -0.25) is 14.9 Å². The van der Waals surface area contributed by atoms with Gasteiger partial charge in [0.05, 0.1) is 16.9 Å². The maximum absolute atomic E-state index is 12.5. The Morgan fingerprint density at radius 2 is 2.24 bits per heavy atom. The minimum atomic E-state index is -3.13. The first kappa shape index (κ1) is 13.7. The Labute approximate surface area is 107 Å². The molecule has 0 saturated carbocycles. The van der Waals surface area contributed by atoms with Crippen LogP contribution in [-0.2, 0) is 11.2 Å². The molecule has 17 heavy (non-hydrogen) atoms. The van der Waals surface area contributed by atoms with Crippen molar-refractivity contribution in [2.75, 3.05) is 0 Å². The molecule has 1 aromatic rings. The van der Waals surface area contributed by atoms with E-state index < -0.39 is 35.1 Å². The number of carboxylic acid groups (broad SMARTS) is 1. The molecule has 0 spiro atoms. The van der Waals surface area contributed by atoms with E-state index in [4.69, 9.17) is 5.11 Å². The molecular formula is C8H5F2IN2O4. The monoisotopic (exact) mass is 358 g/mol. The van der Waals surface area contributed by atoms with E-state index in [1.165, 1.54) is 0 Å². The lowest BCUT2D eigenvalue weighted by Crippen LogP contribution is -2.10. The predicted molar refractivity (Wildman–Crippen MR) is 59.9 cm³/mol. The number of aliphatic carboxylic acids is 1. The minimum absolute atomic E-state index is 0.168. The third-order valence-corrected chi connectivity index (χ3v) is 2.78. The zero-order valence-electron chi connectivity index (χ0n) is 8.06. The van der Waals surface area contributed by atoms with Gasteiger partial charge in [-0.25, -0.2) is 13.8 Å². The quantitative estimate of drug-likeness (QED) is 0.506. The first-order chi connectivity index (χ1) is 7.84. The van der Waals surface area contributed by atoms with Gasteiger partial charge in [-0.05, 0) is 22.6 Å². The van der Waals surface area contributed by atoms with Crippen LogP contribution in [0, 0.1) is 13.7 Å². The fraction of sp³-hybridized carbons (Fsp3) is 0.250. The number of hydrogen-bond acceptors (Lipinski definition) is 4. The van der Waals surface area contributed by atoms with Crippen LogP contribution < -0.4 is 0 Å². The standard InChI is InChI=1S/C8H5F2IN2O4/c9-8(10)6-7(13(16)17)3(1-5(14)15)4(11)2-12-6/h2,8H,1H2,(H,14,15). The SMILES string of the molecule is O=C(O)Cc1c(I)cnc(C(F)F)c1[N+](=O)[O-]. The predicted octanol–water partition coefficient (Wildman–Crippen LogP) is 2.16. The topological polar surface area (TPSA) is 93.3 Å². The number of halogens is 3. The summed E-state index contributed by atoms with van der Waals surface area (Å²) in [5, 5.41) is 19.3. The maximum Gasteiger partial charge on any atom is 0.308 e. The Hall–Kier alpha value is -1.39. The van der Waals surface area contributed by atoms with Crippen LogP contribution >= 0.6 is 22.6 Å². The summed E-state index contributed by atoms with van der Waals surface area (Å²) in [7, 11) is 0. The van der Waals surface area contributed by atoms with Crippen LogP contribution in [0.5, 0.6) is 0 Å². The number of aromatic nitrogens is 1. The molecule has 1 rings (SSSR count). The van der Waals surface area contributed by atoms with Crippen molar-refractivity contribution < 1.29 is 23.6 Å². The number of hydrogen-bond donors (Lipinski definition) is 1. The highest BCUT2D eigenvalue weighted by Crippen LogP contribution is 2.32. The van der Waals surface area contributed by atoms with E-state index in [9.17, 15) is 23.7 Å². The number of nitro groups is 1. The number of carboxylic acids is 1. The summed E-state index contributed by atoms with van der Waals surface area (Å²) in [6.45, 7) is 0. The molecule has 0 bridgehead atoms. The summed E-state index contributed by atoms with van der Waals surface area (Å²) in [5.74, 6) is -1.34. The molecule has 0 saturated heterocycles. The Morgan fingerprint density at radius 1 is 1.65 bits per heavy atom. The zero-order valence-corrected chi connectivity index (χ0v) is 10.2. The van der Waals surface area contributed by atoms with Crippen molar-refractivity contribution in [2.45, 2.75) is 12.8 Å². The molecular weight excluding hydrogens is 353 g/mol. The van der Waals surface area contributed by atoms with Crippen LogP contribution in [0.1, 0.15) is 17.7 Å². The van der Waals surface area contributed by atoms with Crippen LogP contribution in [0.15, 0.2) is 6.20 Å². The van der Waals surface area contributed by atoms with Crippen LogP contribution in [-0.4, -0.2) is 21.0 Å². The Kier molecular flexibility index (Phi) is 4.26. The largest absolute Gasteiger partial charge is 0.481 e. The average Bonchev–Trinajstić information content (AvgIpc) is 2.19. The molecule has 92 valence electrons. The molecule has 1 N–H and O–H groups in total. The van der Waals surface area contributed by atoms with Crippen molar-refractivity contribution in [1.82, 2.24) is 4.98 Å². The summed E-state index contributed by atoms with van der Waals surface area (Å²) >= 11 is 1.62. The van der Waals surface area contributed by atoms with Gasteiger partial charge in [-0.2, -0.15) is 0 Å². The summed E-state index contributed by atoms with van der Waals surface area (Å²) in [6.07, 6.45) is -2.83. The first-order valence-corrected chi connectivity index (χ1v) is 5.24. The average molecular weight is 358 g/mol. The van der Waals surface area contributed by atoms with Crippen molar-refractivity contribution >= 4 is 34.2 Å². The second-order valence-corrected chi connectivity index (χ2v) is 4.11. The first-order valence-electron chi connectivity index (χ1n) is 4.16. The number of pyridine rings is 1.